The average molecular weight is 459 g/mol. The number of ketones is 1. The van der Waals surface area contributed by atoms with E-state index in [1.165, 1.54) is 4.90 Å². The highest BCUT2D eigenvalue weighted by atomic mass is 35.5. The molecular weight excluding hydrogens is 436 g/mol. The van der Waals surface area contributed by atoms with E-state index in [9.17, 15) is 14.4 Å². The van der Waals surface area contributed by atoms with Crippen molar-refractivity contribution >= 4 is 34.9 Å². The molecule has 2 aromatic rings. The van der Waals surface area contributed by atoms with Gasteiger partial charge in [0.05, 0.1) is 18.9 Å². The number of anilines is 1. The lowest BCUT2D eigenvalue weighted by atomic mass is 10.1. The predicted octanol–water partition coefficient (Wildman–Crippen LogP) is 2.57. The highest BCUT2D eigenvalue weighted by Gasteiger charge is 2.36. The third-order valence-corrected chi connectivity index (χ3v) is 5.63. The van der Waals surface area contributed by atoms with E-state index >= 15 is 0 Å². The summed E-state index contributed by atoms with van der Waals surface area (Å²) in [5.41, 5.74) is 0.740. The molecule has 0 aromatic heterocycles. The molecule has 1 atom stereocenters. The summed E-state index contributed by atoms with van der Waals surface area (Å²) in [6, 6.07) is 10.8. The third kappa shape index (κ3) is 4.71. The van der Waals surface area contributed by atoms with Crippen LogP contribution >= 0.6 is 11.6 Å². The van der Waals surface area contributed by atoms with Gasteiger partial charge < -0.3 is 19.1 Å². The van der Waals surface area contributed by atoms with E-state index in [0.29, 0.717) is 54.1 Å². The smallest absolute Gasteiger partial charge is 0.265 e. The van der Waals surface area contributed by atoms with Gasteiger partial charge in [-0.15, -0.1) is 0 Å². The van der Waals surface area contributed by atoms with Crippen molar-refractivity contribution in [2.45, 2.75) is 13.0 Å². The number of hydrogen-bond acceptors (Lipinski definition) is 6. The van der Waals surface area contributed by atoms with E-state index in [2.05, 4.69) is 0 Å². The van der Waals surface area contributed by atoms with Gasteiger partial charge in [0, 0.05) is 23.7 Å². The van der Waals surface area contributed by atoms with Gasteiger partial charge in [-0.3, -0.25) is 19.3 Å². The molecule has 2 aromatic carbocycles. The number of Topliss-reactive ketones (excluding diaryl/α,β-unsaturated/α-hetero) is 1. The van der Waals surface area contributed by atoms with Crippen LogP contribution in [0.4, 0.5) is 5.69 Å². The molecule has 0 unspecified atom stereocenters. The number of hydrogen-bond donors (Lipinski definition) is 0. The van der Waals surface area contributed by atoms with E-state index in [1.54, 1.807) is 54.3 Å². The van der Waals surface area contributed by atoms with Crippen molar-refractivity contribution in [2.75, 3.05) is 44.4 Å². The highest BCUT2D eigenvalue weighted by molar-refractivity contribution is 6.30. The summed E-state index contributed by atoms with van der Waals surface area (Å²) in [6.45, 7) is 3.22. The van der Waals surface area contributed by atoms with Crippen LogP contribution < -0.4 is 14.4 Å². The zero-order valence-electron chi connectivity index (χ0n) is 17.6. The second kappa shape index (κ2) is 9.58. The number of morpholine rings is 1. The number of fused-ring (bicyclic) bond motifs is 1. The molecule has 2 aliphatic rings. The fourth-order valence-electron chi connectivity index (χ4n) is 3.72. The molecule has 8 nitrogen and oxygen atoms in total. The molecule has 2 amide bonds. The lowest BCUT2D eigenvalue weighted by Crippen LogP contribution is -2.54. The van der Waals surface area contributed by atoms with Gasteiger partial charge in [-0.25, -0.2) is 0 Å². The molecule has 0 saturated carbocycles. The summed E-state index contributed by atoms with van der Waals surface area (Å²) in [6.07, 6.45) is 0. The monoisotopic (exact) mass is 458 g/mol. The Kier molecular flexibility index (Phi) is 6.62. The number of nitrogens with zero attached hydrogens (tertiary/aromatic N) is 2. The first-order valence-electron chi connectivity index (χ1n) is 10.3. The predicted molar refractivity (Wildman–Crippen MR) is 118 cm³/mol. The third-order valence-electron chi connectivity index (χ3n) is 5.39. The zero-order valence-corrected chi connectivity index (χ0v) is 18.3. The van der Waals surface area contributed by atoms with Crippen LogP contribution in [0.5, 0.6) is 11.5 Å². The van der Waals surface area contributed by atoms with Crippen LogP contribution in [0.1, 0.15) is 17.3 Å². The van der Waals surface area contributed by atoms with Gasteiger partial charge >= 0.3 is 0 Å². The summed E-state index contributed by atoms with van der Waals surface area (Å²) in [5.74, 6) is 0.132. The number of halogens is 1. The largest absolute Gasteiger partial charge is 0.485 e. The number of amides is 2. The molecule has 1 fully saturated rings. The fourth-order valence-corrected chi connectivity index (χ4v) is 3.90. The van der Waals surface area contributed by atoms with Gasteiger partial charge in [-0.2, -0.15) is 0 Å². The summed E-state index contributed by atoms with van der Waals surface area (Å²) < 4.78 is 16.4. The minimum atomic E-state index is -0.740. The minimum absolute atomic E-state index is 0.168. The molecule has 2 heterocycles. The van der Waals surface area contributed by atoms with Gasteiger partial charge in [0.25, 0.3) is 5.91 Å². The Morgan fingerprint density at radius 2 is 1.94 bits per heavy atom. The fraction of sp³-hybridized carbons (Fsp3) is 0.348. The maximum Gasteiger partial charge on any atom is 0.265 e. The van der Waals surface area contributed by atoms with Crippen LogP contribution in [-0.2, 0) is 14.3 Å². The van der Waals surface area contributed by atoms with E-state index < -0.39 is 6.04 Å². The van der Waals surface area contributed by atoms with E-state index in [1.807, 2.05) is 0 Å². The number of rotatable bonds is 6. The molecule has 168 valence electrons. The van der Waals surface area contributed by atoms with Crippen molar-refractivity contribution in [3.05, 3.63) is 53.1 Å². The molecule has 2 aliphatic heterocycles. The first-order valence-corrected chi connectivity index (χ1v) is 10.7. The van der Waals surface area contributed by atoms with Gasteiger partial charge in [-0.1, -0.05) is 17.7 Å². The Morgan fingerprint density at radius 1 is 1.16 bits per heavy atom. The minimum Gasteiger partial charge on any atom is -0.485 e. The van der Waals surface area contributed by atoms with Gasteiger partial charge in [0.1, 0.15) is 17.5 Å². The molecule has 0 aliphatic carbocycles. The summed E-state index contributed by atoms with van der Waals surface area (Å²) >= 11 is 5.94. The van der Waals surface area contributed by atoms with Gasteiger partial charge in [0.2, 0.25) is 5.91 Å². The van der Waals surface area contributed by atoms with Crippen molar-refractivity contribution in [2.24, 2.45) is 0 Å². The van der Waals surface area contributed by atoms with Crippen LogP contribution in [-0.4, -0.2) is 68.1 Å². The Bertz CT molecular complexity index is 1040. The van der Waals surface area contributed by atoms with Crippen molar-refractivity contribution in [3.8, 4) is 11.5 Å². The second-order valence-electron chi connectivity index (χ2n) is 7.52. The molecular formula is C23H23ClN2O6. The van der Waals surface area contributed by atoms with Crippen LogP contribution in [0.2, 0.25) is 5.02 Å². The Labute approximate surface area is 190 Å². The first-order chi connectivity index (χ1) is 15.4. The molecule has 4 rings (SSSR count). The molecule has 1 saturated heterocycles. The Hall–Kier alpha value is -3.10. The standard InChI is InChI=1S/C23H23ClN2O6/c1-15(23(29)25-7-9-30-10-8-25)26-19-11-16(5-6-21(19)32-14-22(26)28)20(27)13-31-18-4-2-3-17(24)12-18/h2-6,11-12,15H,7-10,13-14H2,1H3/t15-/m1/s1. The summed E-state index contributed by atoms with van der Waals surface area (Å²) in [7, 11) is 0. The molecule has 0 N–H and O–H groups in total. The summed E-state index contributed by atoms with van der Waals surface area (Å²) in [4.78, 5) is 41.5. The topological polar surface area (TPSA) is 85.4 Å². The number of benzene rings is 2. The number of carbonyl (C=O) groups excluding carboxylic acids is 3. The van der Waals surface area contributed by atoms with Crippen LogP contribution in [0, 0.1) is 0 Å². The first kappa shape index (κ1) is 22.1. The Balaban J connectivity index is 1.53. The molecule has 0 spiro atoms. The quantitative estimate of drug-likeness (QED) is 0.618. The second-order valence-corrected chi connectivity index (χ2v) is 7.95. The average Bonchev–Trinajstić information content (AvgIpc) is 2.82. The van der Waals surface area contributed by atoms with Crippen molar-refractivity contribution in [1.82, 2.24) is 4.90 Å². The molecule has 0 bridgehead atoms. The molecule has 0 radical (unpaired) electrons. The number of carbonyl (C=O) groups is 3. The van der Waals surface area contributed by atoms with E-state index in [4.69, 9.17) is 25.8 Å². The van der Waals surface area contributed by atoms with Crippen LogP contribution in [0.15, 0.2) is 42.5 Å². The normalized spacial score (nSPS) is 16.8. The van der Waals surface area contributed by atoms with E-state index in [0.717, 1.165) is 0 Å². The lowest BCUT2D eigenvalue weighted by molar-refractivity contribution is -0.138. The maximum absolute atomic E-state index is 13.0. The Morgan fingerprint density at radius 3 is 2.69 bits per heavy atom. The van der Waals surface area contributed by atoms with E-state index in [-0.39, 0.29) is 30.8 Å². The van der Waals surface area contributed by atoms with Gasteiger partial charge in [0.15, 0.2) is 19.0 Å². The van der Waals surface area contributed by atoms with Gasteiger partial charge in [-0.05, 0) is 43.3 Å². The summed E-state index contributed by atoms with van der Waals surface area (Å²) in [5, 5.41) is 0.508. The van der Waals surface area contributed by atoms with Crippen LogP contribution in [0.25, 0.3) is 0 Å². The molecule has 9 heteroatoms. The lowest BCUT2D eigenvalue weighted by Gasteiger charge is -2.37. The number of ether oxygens (including phenoxy) is 3. The van der Waals surface area contributed by atoms with Crippen molar-refractivity contribution < 1.29 is 28.6 Å². The maximum atomic E-state index is 13.0. The van der Waals surface area contributed by atoms with Crippen LogP contribution in [0.3, 0.4) is 0 Å². The molecule has 32 heavy (non-hydrogen) atoms. The van der Waals surface area contributed by atoms with Crippen molar-refractivity contribution in [1.29, 1.82) is 0 Å². The zero-order chi connectivity index (χ0) is 22.7. The SMILES string of the molecule is C[C@H](C(=O)N1CCOCC1)N1C(=O)COc2ccc(C(=O)COc3cccc(Cl)c3)cc21. The highest BCUT2D eigenvalue weighted by Crippen LogP contribution is 2.35. The van der Waals surface area contributed by atoms with Crippen molar-refractivity contribution in [3.63, 3.8) is 0 Å².